The molecule has 1 aromatic rings. The monoisotopic (exact) mass is 265 g/mol. The van der Waals surface area contributed by atoms with Gasteiger partial charge in [-0.15, -0.1) is 0 Å². The summed E-state index contributed by atoms with van der Waals surface area (Å²) >= 11 is 6.06. The van der Waals surface area contributed by atoms with Crippen LogP contribution in [0, 0.1) is 5.92 Å². The molecule has 1 atom stereocenters. The number of hydrogen-bond acceptors (Lipinski definition) is 1. The Morgan fingerprint density at radius 2 is 2.11 bits per heavy atom. The number of rotatable bonds is 6. The van der Waals surface area contributed by atoms with Crippen molar-refractivity contribution >= 4 is 11.6 Å². The van der Waals surface area contributed by atoms with Gasteiger partial charge in [-0.2, -0.15) is 0 Å². The molecular formula is C16H24ClN. The molecule has 1 nitrogen and oxygen atoms in total. The molecule has 0 heterocycles. The molecule has 0 amide bonds. The molecule has 0 aliphatic heterocycles. The van der Waals surface area contributed by atoms with E-state index < -0.39 is 0 Å². The fourth-order valence-electron chi connectivity index (χ4n) is 3.12. The maximum absolute atomic E-state index is 6.06. The summed E-state index contributed by atoms with van der Waals surface area (Å²) < 4.78 is 0. The Morgan fingerprint density at radius 3 is 2.78 bits per heavy atom. The van der Waals surface area contributed by atoms with Crippen LogP contribution in [-0.4, -0.2) is 12.6 Å². The van der Waals surface area contributed by atoms with Crippen LogP contribution in [0.5, 0.6) is 0 Å². The van der Waals surface area contributed by atoms with Crippen LogP contribution in [0.15, 0.2) is 24.3 Å². The fourth-order valence-corrected chi connectivity index (χ4v) is 3.34. The zero-order chi connectivity index (χ0) is 12.8. The molecule has 0 spiro atoms. The van der Waals surface area contributed by atoms with Gasteiger partial charge < -0.3 is 5.32 Å². The summed E-state index contributed by atoms with van der Waals surface area (Å²) in [5.41, 5.74) is 1.35. The quantitative estimate of drug-likeness (QED) is 0.802. The van der Waals surface area contributed by atoms with Crippen molar-refractivity contribution in [1.82, 2.24) is 5.32 Å². The highest BCUT2D eigenvalue weighted by Gasteiger charge is 2.19. The van der Waals surface area contributed by atoms with Crippen LogP contribution in [0.2, 0.25) is 5.02 Å². The normalized spacial score (nSPS) is 18.1. The van der Waals surface area contributed by atoms with Crippen LogP contribution < -0.4 is 5.32 Å². The molecule has 2 heteroatoms. The molecule has 1 fully saturated rings. The van der Waals surface area contributed by atoms with Gasteiger partial charge in [0.15, 0.2) is 0 Å². The van der Waals surface area contributed by atoms with Crippen molar-refractivity contribution in [3.8, 4) is 0 Å². The molecule has 1 aliphatic carbocycles. The summed E-state index contributed by atoms with van der Waals surface area (Å²) in [6.45, 7) is 3.25. The number of likely N-dealkylation sites (N-methyl/N-ethyl adjacent to an activating group) is 1. The van der Waals surface area contributed by atoms with E-state index in [1.165, 1.54) is 37.7 Å². The summed E-state index contributed by atoms with van der Waals surface area (Å²) in [6, 6.07) is 8.89. The molecule has 1 N–H and O–H groups in total. The third-order valence-electron chi connectivity index (χ3n) is 3.96. The minimum atomic E-state index is 0.608. The Morgan fingerprint density at radius 1 is 1.33 bits per heavy atom. The van der Waals surface area contributed by atoms with Crippen molar-refractivity contribution in [3.63, 3.8) is 0 Å². The van der Waals surface area contributed by atoms with Crippen molar-refractivity contribution in [3.05, 3.63) is 34.9 Å². The number of hydrogen-bond donors (Lipinski definition) is 1. The molecule has 1 aliphatic rings. The van der Waals surface area contributed by atoms with Crippen molar-refractivity contribution in [2.45, 2.75) is 51.5 Å². The van der Waals surface area contributed by atoms with Gasteiger partial charge in [0.05, 0.1) is 0 Å². The first-order chi connectivity index (χ1) is 8.78. The molecule has 1 saturated carbocycles. The minimum absolute atomic E-state index is 0.608. The highest BCUT2D eigenvalue weighted by Crippen LogP contribution is 2.29. The second-order valence-electron chi connectivity index (χ2n) is 5.47. The lowest BCUT2D eigenvalue weighted by atomic mass is 9.94. The third kappa shape index (κ3) is 4.29. The Kier molecular flexibility index (Phi) is 5.52. The molecule has 0 bridgehead atoms. The first-order valence-electron chi connectivity index (χ1n) is 7.25. The molecular weight excluding hydrogens is 242 g/mol. The molecule has 0 saturated heterocycles. The third-order valence-corrected chi connectivity index (χ3v) is 4.19. The van der Waals surface area contributed by atoms with Crippen LogP contribution >= 0.6 is 11.6 Å². The lowest BCUT2D eigenvalue weighted by Gasteiger charge is -2.21. The van der Waals surface area contributed by atoms with Crippen LogP contribution in [-0.2, 0) is 6.42 Å². The Hall–Kier alpha value is -0.530. The van der Waals surface area contributed by atoms with Gasteiger partial charge in [0, 0.05) is 11.1 Å². The van der Waals surface area contributed by atoms with Crippen LogP contribution in [0.4, 0.5) is 0 Å². The maximum atomic E-state index is 6.06. The largest absolute Gasteiger partial charge is 0.314 e. The Balaban J connectivity index is 1.92. The molecule has 0 aromatic heterocycles. The number of nitrogens with one attached hydrogen (secondary N) is 1. The van der Waals surface area contributed by atoms with Crippen LogP contribution in [0.3, 0.4) is 0 Å². The van der Waals surface area contributed by atoms with E-state index >= 15 is 0 Å². The summed E-state index contributed by atoms with van der Waals surface area (Å²) in [6.07, 6.45) is 8.14. The van der Waals surface area contributed by atoms with E-state index in [1.54, 1.807) is 0 Å². The summed E-state index contributed by atoms with van der Waals surface area (Å²) in [4.78, 5) is 0. The van der Waals surface area contributed by atoms with Gasteiger partial charge in [0.2, 0.25) is 0 Å². The maximum Gasteiger partial charge on any atom is 0.0408 e. The van der Waals surface area contributed by atoms with E-state index in [0.717, 1.165) is 23.9 Å². The van der Waals surface area contributed by atoms with E-state index in [1.807, 2.05) is 6.07 Å². The van der Waals surface area contributed by atoms with Gasteiger partial charge in [0.1, 0.15) is 0 Å². The van der Waals surface area contributed by atoms with Crippen molar-refractivity contribution < 1.29 is 0 Å². The molecule has 1 aromatic carbocycles. The van der Waals surface area contributed by atoms with Gasteiger partial charge in [0.25, 0.3) is 0 Å². The number of benzene rings is 1. The van der Waals surface area contributed by atoms with Gasteiger partial charge in [-0.05, 0) is 43.0 Å². The van der Waals surface area contributed by atoms with Gasteiger partial charge in [-0.1, -0.05) is 56.3 Å². The lowest BCUT2D eigenvalue weighted by molar-refractivity contribution is 0.390. The first-order valence-corrected chi connectivity index (χ1v) is 7.63. The van der Waals surface area contributed by atoms with E-state index in [2.05, 4.69) is 30.4 Å². The fraction of sp³-hybridized carbons (Fsp3) is 0.625. The van der Waals surface area contributed by atoms with Gasteiger partial charge >= 0.3 is 0 Å². The topological polar surface area (TPSA) is 12.0 Å². The summed E-state index contributed by atoms with van der Waals surface area (Å²) in [7, 11) is 0. The van der Waals surface area contributed by atoms with Gasteiger partial charge in [-0.3, -0.25) is 0 Å². The highest BCUT2D eigenvalue weighted by atomic mass is 35.5. The van der Waals surface area contributed by atoms with Gasteiger partial charge in [-0.25, -0.2) is 0 Å². The van der Waals surface area contributed by atoms with Crippen molar-refractivity contribution in [2.24, 2.45) is 5.92 Å². The van der Waals surface area contributed by atoms with E-state index in [0.29, 0.717) is 6.04 Å². The number of halogens is 1. The van der Waals surface area contributed by atoms with E-state index in [4.69, 9.17) is 11.6 Å². The zero-order valence-corrected chi connectivity index (χ0v) is 12.0. The van der Waals surface area contributed by atoms with Crippen molar-refractivity contribution in [1.29, 1.82) is 0 Å². The average Bonchev–Trinajstić information content (AvgIpc) is 2.82. The highest BCUT2D eigenvalue weighted by molar-refractivity contribution is 6.30. The Labute approximate surface area is 116 Å². The van der Waals surface area contributed by atoms with E-state index in [9.17, 15) is 0 Å². The summed E-state index contributed by atoms with van der Waals surface area (Å²) in [5, 5.41) is 4.48. The molecule has 100 valence electrons. The smallest absolute Gasteiger partial charge is 0.0408 e. The van der Waals surface area contributed by atoms with Crippen molar-refractivity contribution in [2.75, 3.05) is 6.54 Å². The standard InChI is InChI=1S/C16H24ClN/c1-2-18-16(11-13-6-3-4-7-13)12-14-8-5-9-15(17)10-14/h5,8-10,13,16,18H,2-4,6-7,11-12H2,1H3. The lowest BCUT2D eigenvalue weighted by Crippen LogP contribution is -2.32. The summed E-state index contributed by atoms with van der Waals surface area (Å²) in [5.74, 6) is 0.938. The molecule has 1 unspecified atom stereocenters. The molecule has 0 radical (unpaired) electrons. The first kappa shape index (κ1) is 13.9. The van der Waals surface area contributed by atoms with Crippen LogP contribution in [0.1, 0.15) is 44.6 Å². The molecule has 18 heavy (non-hydrogen) atoms. The predicted octanol–water partition coefficient (Wildman–Crippen LogP) is 4.44. The zero-order valence-electron chi connectivity index (χ0n) is 11.3. The SMILES string of the molecule is CCNC(Cc1cccc(Cl)c1)CC1CCCC1. The second kappa shape index (κ2) is 7.16. The second-order valence-corrected chi connectivity index (χ2v) is 5.91. The van der Waals surface area contributed by atoms with E-state index in [-0.39, 0.29) is 0 Å². The molecule has 2 rings (SSSR count). The minimum Gasteiger partial charge on any atom is -0.314 e. The average molecular weight is 266 g/mol. The van der Waals surface area contributed by atoms with Crippen LogP contribution in [0.25, 0.3) is 0 Å². The predicted molar refractivity (Wildman–Crippen MR) is 79.2 cm³/mol. The Bertz CT molecular complexity index is 358.